The summed E-state index contributed by atoms with van der Waals surface area (Å²) in [4.78, 5) is 0. The van der Waals surface area contributed by atoms with Crippen molar-refractivity contribution in [2.75, 3.05) is 13.1 Å². The first kappa shape index (κ1) is 8.52. The molecule has 1 unspecified atom stereocenters. The second-order valence-corrected chi connectivity index (χ2v) is 3.58. The van der Waals surface area contributed by atoms with Crippen LogP contribution in [-0.2, 0) is 0 Å². The second kappa shape index (κ2) is 3.75. The number of hydrogen-bond donors (Lipinski definition) is 1. The highest BCUT2D eigenvalue weighted by molar-refractivity contribution is 5.65. The summed E-state index contributed by atoms with van der Waals surface area (Å²) in [6, 6.07) is 10.5. The fourth-order valence-electron chi connectivity index (χ4n) is 1.84. The molecule has 0 aromatic heterocycles. The molecule has 0 radical (unpaired) electrons. The average Bonchev–Trinajstić information content (AvgIpc) is 2.71. The van der Waals surface area contributed by atoms with Crippen LogP contribution in [0.5, 0.6) is 0 Å². The van der Waals surface area contributed by atoms with E-state index in [-0.39, 0.29) is 0 Å². The van der Waals surface area contributed by atoms with E-state index >= 15 is 0 Å². The monoisotopic (exact) mass is 173 g/mol. The molecule has 0 bridgehead atoms. The maximum atomic E-state index is 4.17. The van der Waals surface area contributed by atoms with E-state index in [9.17, 15) is 0 Å². The number of benzene rings is 1. The van der Waals surface area contributed by atoms with E-state index in [2.05, 4.69) is 36.2 Å². The highest BCUT2D eigenvalue weighted by Gasteiger charge is 2.17. The van der Waals surface area contributed by atoms with Crippen LogP contribution < -0.4 is 5.32 Å². The first-order chi connectivity index (χ1) is 6.38. The van der Waals surface area contributed by atoms with E-state index < -0.39 is 0 Å². The van der Waals surface area contributed by atoms with Crippen LogP contribution in [0, 0.1) is 5.92 Å². The number of rotatable bonds is 2. The Balaban J connectivity index is 2.13. The Kier molecular flexibility index (Phi) is 2.46. The molecule has 13 heavy (non-hydrogen) atoms. The van der Waals surface area contributed by atoms with Crippen molar-refractivity contribution in [1.82, 2.24) is 5.32 Å². The van der Waals surface area contributed by atoms with Gasteiger partial charge in [-0.2, -0.15) is 0 Å². The van der Waals surface area contributed by atoms with Crippen molar-refractivity contribution in [3.63, 3.8) is 0 Å². The zero-order valence-corrected chi connectivity index (χ0v) is 7.79. The van der Waals surface area contributed by atoms with Crippen molar-refractivity contribution < 1.29 is 0 Å². The van der Waals surface area contributed by atoms with Gasteiger partial charge in [-0.3, -0.25) is 0 Å². The number of nitrogens with one attached hydrogen (secondary N) is 1. The van der Waals surface area contributed by atoms with Gasteiger partial charge in [0.1, 0.15) is 0 Å². The SMILES string of the molecule is C=C(c1ccccc1)C1CCNC1. The van der Waals surface area contributed by atoms with Crippen molar-refractivity contribution in [2.45, 2.75) is 6.42 Å². The minimum atomic E-state index is 0.641. The zero-order chi connectivity index (χ0) is 9.10. The molecule has 1 saturated heterocycles. The van der Waals surface area contributed by atoms with Crippen LogP contribution in [0.15, 0.2) is 36.9 Å². The normalized spacial score (nSPS) is 21.7. The second-order valence-electron chi connectivity index (χ2n) is 3.58. The molecule has 0 amide bonds. The summed E-state index contributed by atoms with van der Waals surface area (Å²) < 4.78 is 0. The van der Waals surface area contributed by atoms with Crippen molar-refractivity contribution >= 4 is 5.57 Å². The van der Waals surface area contributed by atoms with Crippen LogP contribution in [-0.4, -0.2) is 13.1 Å². The van der Waals surface area contributed by atoms with Gasteiger partial charge < -0.3 is 5.32 Å². The Morgan fingerprint density at radius 3 is 2.69 bits per heavy atom. The van der Waals surface area contributed by atoms with Gasteiger partial charge in [-0.15, -0.1) is 0 Å². The molecule has 1 heterocycles. The van der Waals surface area contributed by atoms with E-state index in [4.69, 9.17) is 0 Å². The molecule has 0 aliphatic carbocycles. The van der Waals surface area contributed by atoms with Gasteiger partial charge in [0, 0.05) is 6.54 Å². The molecular formula is C12H15N. The third-order valence-electron chi connectivity index (χ3n) is 2.70. The highest BCUT2D eigenvalue weighted by Crippen LogP contribution is 2.25. The van der Waals surface area contributed by atoms with E-state index in [1.807, 2.05) is 6.07 Å². The van der Waals surface area contributed by atoms with Crippen LogP contribution >= 0.6 is 0 Å². The summed E-state index contributed by atoms with van der Waals surface area (Å²) in [6.07, 6.45) is 1.23. The fourth-order valence-corrected chi connectivity index (χ4v) is 1.84. The first-order valence-corrected chi connectivity index (χ1v) is 4.83. The van der Waals surface area contributed by atoms with Crippen LogP contribution in [0.25, 0.3) is 5.57 Å². The summed E-state index contributed by atoms with van der Waals surface area (Å²) >= 11 is 0. The Labute approximate surface area is 79.5 Å². The third kappa shape index (κ3) is 1.81. The van der Waals surface area contributed by atoms with E-state index in [1.165, 1.54) is 17.6 Å². The van der Waals surface area contributed by atoms with E-state index in [1.54, 1.807) is 0 Å². The smallest absolute Gasteiger partial charge is 0.00206 e. The van der Waals surface area contributed by atoms with Crippen molar-refractivity contribution in [3.8, 4) is 0 Å². The molecule has 1 fully saturated rings. The van der Waals surface area contributed by atoms with Gasteiger partial charge in [0.05, 0.1) is 0 Å². The summed E-state index contributed by atoms with van der Waals surface area (Å²) in [7, 11) is 0. The summed E-state index contributed by atoms with van der Waals surface area (Å²) in [5.41, 5.74) is 2.57. The van der Waals surface area contributed by atoms with Crippen LogP contribution in [0.4, 0.5) is 0 Å². The van der Waals surface area contributed by atoms with E-state index in [0.717, 1.165) is 13.1 Å². The molecule has 1 nitrogen and oxygen atoms in total. The first-order valence-electron chi connectivity index (χ1n) is 4.83. The zero-order valence-electron chi connectivity index (χ0n) is 7.79. The molecule has 0 saturated carbocycles. The molecule has 1 aliphatic rings. The summed E-state index contributed by atoms with van der Waals surface area (Å²) in [5.74, 6) is 0.641. The molecule has 1 aromatic carbocycles. The lowest BCUT2D eigenvalue weighted by Gasteiger charge is -2.11. The van der Waals surface area contributed by atoms with Crippen LogP contribution in [0.2, 0.25) is 0 Å². The molecule has 1 aromatic rings. The molecular weight excluding hydrogens is 158 g/mol. The van der Waals surface area contributed by atoms with Gasteiger partial charge in [-0.25, -0.2) is 0 Å². The lowest BCUT2D eigenvalue weighted by molar-refractivity contribution is 0.750. The van der Waals surface area contributed by atoms with E-state index in [0.29, 0.717) is 5.92 Å². The van der Waals surface area contributed by atoms with Crippen molar-refractivity contribution in [2.24, 2.45) is 5.92 Å². The van der Waals surface area contributed by atoms with Gasteiger partial charge in [0.15, 0.2) is 0 Å². The van der Waals surface area contributed by atoms with Gasteiger partial charge >= 0.3 is 0 Å². The molecule has 1 heteroatoms. The highest BCUT2D eigenvalue weighted by atomic mass is 14.9. The molecule has 1 N–H and O–H groups in total. The standard InChI is InChI=1S/C12H15N/c1-10(12-7-8-13-9-12)11-5-3-2-4-6-11/h2-6,12-13H,1,7-9H2. The molecule has 68 valence electrons. The average molecular weight is 173 g/mol. The Morgan fingerprint density at radius 2 is 2.08 bits per heavy atom. The van der Waals surface area contributed by atoms with Gasteiger partial charge in [0.2, 0.25) is 0 Å². The molecule has 0 spiro atoms. The molecule has 2 rings (SSSR count). The molecule has 1 atom stereocenters. The van der Waals surface area contributed by atoms with Crippen molar-refractivity contribution in [1.29, 1.82) is 0 Å². The Hall–Kier alpha value is -1.08. The predicted molar refractivity (Wildman–Crippen MR) is 56.5 cm³/mol. The summed E-state index contributed by atoms with van der Waals surface area (Å²) in [6.45, 7) is 6.39. The topological polar surface area (TPSA) is 12.0 Å². The van der Waals surface area contributed by atoms with Gasteiger partial charge in [-0.1, -0.05) is 36.9 Å². The lowest BCUT2D eigenvalue weighted by atomic mass is 9.93. The Morgan fingerprint density at radius 1 is 1.31 bits per heavy atom. The maximum absolute atomic E-state index is 4.17. The van der Waals surface area contributed by atoms with Crippen LogP contribution in [0.3, 0.4) is 0 Å². The quantitative estimate of drug-likeness (QED) is 0.723. The fraction of sp³-hybridized carbons (Fsp3) is 0.333. The van der Waals surface area contributed by atoms with Gasteiger partial charge in [-0.05, 0) is 30.0 Å². The largest absolute Gasteiger partial charge is 0.316 e. The third-order valence-corrected chi connectivity index (χ3v) is 2.70. The minimum absolute atomic E-state index is 0.641. The lowest BCUT2D eigenvalue weighted by Crippen LogP contribution is -2.09. The number of hydrogen-bond acceptors (Lipinski definition) is 1. The van der Waals surface area contributed by atoms with Crippen LogP contribution in [0.1, 0.15) is 12.0 Å². The summed E-state index contributed by atoms with van der Waals surface area (Å²) in [5, 5.41) is 3.36. The molecule has 1 aliphatic heterocycles. The predicted octanol–water partition coefficient (Wildman–Crippen LogP) is 2.31. The van der Waals surface area contributed by atoms with Crippen molar-refractivity contribution in [3.05, 3.63) is 42.5 Å². The van der Waals surface area contributed by atoms with Gasteiger partial charge in [0.25, 0.3) is 0 Å². The maximum Gasteiger partial charge on any atom is 0.00206 e. The minimum Gasteiger partial charge on any atom is -0.316 e. The Bertz CT molecular complexity index is 283.